The summed E-state index contributed by atoms with van der Waals surface area (Å²) in [4.78, 5) is 6.72. The van der Waals surface area contributed by atoms with Crippen LogP contribution in [0.5, 0.6) is 0 Å². The molecule has 66 valence electrons. The van der Waals surface area contributed by atoms with Crippen molar-refractivity contribution in [1.82, 2.24) is 4.90 Å². The van der Waals surface area contributed by atoms with E-state index in [0.29, 0.717) is 6.10 Å². The third-order valence-corrected chi connectivity index (χ3v) is 2.05. The Morgan fingerprint density at radius 2 is 1.82 bits per heavy atom. The molecule has 1 heterocycles. The van der Waals surface area contributed by atoms with Crippen LogP contribution in [0, 0.1) is 0 Å². The largest absolute Gasteiger partial charge is 0.306 e. The van der Waals surface area contributed by atoms with Crippen molar-refractivity contribution in [2.24, 2.45) is 5.90 Å². The van der Waals surface area contributed by atoms with E-state index in [9.17, 15) is 0 Å². The summed E-state index contributed by atoms with van der Waals surface area (Å²) >= 11 is 0. The van der Waals surface area contributed by atoms with Gasteiger partial charge in [0.2, 0.25) is 0 Å². The molecule has 3 nitrogen and oxygen atoms in total. The molecule has 0 atom stereocenters. The lowest BCUT2D eigenvalue weighted by Gasteiger charge is -2.01. The Morgan fingerprint density at radius 1 is 1.27 bits per heavy atom. The molecule has 2 aliphatic rings. The maximum absolute atomic E-state index is 4.73. The molecule has 0 aromatic rings. The first-order chi connectivity index (χ1) is 5.33. The van der Waals surface area contributed by atoms with Gasteiger partial charge in [0, 0.05) is 0 Å². The minimum absolute atomic E-state index is 0.412. The van der Waals surface area contributed by atoms with E-state index in [1.54, 1.807) is 0 Å². The Kier molecular flexibility index (Phi) is 3.83. The summed E-state index contributed by atoms with van der Waals surface area (Å²) in [5, 5.41) is 0. The highest BCUT2D eigenvalue weighted by atomic mass is 16.6. The lowest BCUT2D eigenvalue weighted by Crippen LogP contribution is -2.10. The lowest BCUT2D eigenvalue weighted by molar-refractivity contribution is 0.123. The zero-order valence-electron chi connectivity index (χ0n) is 7.25. The van der Waals surface area contributed by atoms with Crippen LogP contribution >= 0.6 is 0 Å². The second-order valence-corrected chi connectivity index (χ2v) is 3.35. The van der Waals surface area contributed by atoms with Gasteiger partial charge in [0.15, 0.2) is 0 Å². The van der Waals surface area contributed by atoms with Gasteiger partial charge >= 0.3 is 0 Å². The van der Waals surface area contributed by atoms with Gasteiger partial charge in [0.05, 0.1) is 6.10 Å². The highest BCUT2D eigenvalue weighted by molar-refractivity contribution is 4.71. The molecule has 0 spiro atoms. The quantitative estimate of drug-likeness (QED) is 0.572. The van der Waals surface area contributed by atoms with Crippen LogP contribution in [0.4, 0.5) is 0 Å². The van der Waals surface area contributed by atoms with Gasteiger partial charge in [-0.1, -0.05) is 0 Å². The van der Waals surface area contributed by atoms with Crippen LogP contribution in [0.3, 0.4) is 0 Å². The minimum atomic E-state index is 0.412. The van der Waals surface area contributed by atoms with Gasteiger partial charge in [0.25, 0.3) is 0 Å². The van der Waals surface area contributed by atoms with Crippen LogP contribution in [-0.2, 0) is 4.84 Å². The van der Waals surface area contributed by atoms with Gasteiger partial charge in [0.1, 0.15) is 0 Å². The Morgan fingerprint density at radius 3 is 1.91 bits per heavy atom. The predicted molar refractivity (Wildman–Crippen MR) is 45.0 cm³/mol. The van der Waals surface area contributed by atoms with Crippen molar-refractivity contribution in [1.29, 1.82) is 0 Å². The van der Waals surface area contributed by atoms with Gasteiger partial charge < -0.3 is 9.74 Å². The van der Waals surface area contributed by atoms with Crippen LogP contribution in [0.25, 0.3) is 0 Å². The molecule has 2 N–H and O–H groups in total. The summed E-state index contributed by atoms with van der Waals surface area (Å²) in [6.07, 6.45) is 5.56. The fourth-order valence-corrected chi connectivity index (χ4v) is 1.08. The second kappa shape index (κ2) is 4.70. The van der Waals surface area contributed by atoms with Crippen molar-refractivity contribution in [3.63, 3.8) is 0 Å². The number of rotatable bonds is 1. The van der Waals surface area contributed by atoms with Crippen molar-refractivity contribution in [3.05, 3.63) is 0 Å². The molecule has 0 aromatic heterocycles. The summed E-state index contributed by atoms with van der Waals surface area (Å²) in [6, 6.07) is 0. The molecule has 0 unspecified atom stereocenters. The van der Waals surface area contributed by atoms with Crippen LogP contribution in [-0.4, -0.2) is 31.1 Å². The maximum Gasteiger partial charge on any atom is 0.0789 e. The summed E-state index contributed by atoms with van der Waals surface area (Å²) in [5.41, 5.74) is 0. The van der Waals surface area contributed by atoms with E-state index in [2.05, 4.69) is 16.8 Å². The average molecular weight is 158 g/mol. The summed E-state index contributed by atoms with van der Waals surface area (Å²) < 4.78 is 0. The van der Waals surface area contributed by atoms with Crippen LogP contribution in [0.15, 0.2) is 0 Å². The number of hydrogen-bond acceptors (Lipinski definition) is 3. The van der Waals surface area contributed by atoms with Gasteiger partial charge in [-0.25, -0.2) is 5.90 Å². The summed E-state index contributed by atoms with van der Waals surface area (Å²) in [5.74, 6) is 4.73. The number of hydrogen-bond donors (Lipinski definition) is 1. The first-order valence-corrected chi connectivity index (χ1v) is 4.37. The second-order valence-electron chi connectivity index (χ2n) is 3.35. The van der Waals surface area contributed by atoms with E-state index in [-0.39, 0.29) is 0 Å². The normalized spacial score (nSPS) is 24.5. The van der Waals surface area contributed by atoms with E-state index in [1.165, 1.54) is 25.9 Å². The molecule has 2 fully saturated rings. The molecule has 1 aliphatic heterocycles. The Labute approximate surface area is 68.5 Å². The maximum atomic E-state index is 4.73. The molecule has 0 amide bonds. The monoisotopic (exact) mass is 158 g/mol. The third kappa shape index (κ3) is 4.35. The molecule has 1 saturated heterocycles. The molecule has 11 heavy (non-hydrogen) atoms. The van der Waals surface area contributed by atoms with E-state index >= 15 is 0 Å². The highest BCUT2D eigenvalue weighted by Gasteiger charge is 2.20. The van der Waals surface area contributed by atoms with Crippen LogP contribution < -0.4 is 5.90 Å². The SMILES string of the molecule is CN1CCCC1.NOC1CC1. The van der Waals surface area contributed by atoms with Crippen molar-refractivity contribution < 1.29 is 4.84 Å². The number of likely N-dealkylation sites (tertiary alicyclic amines) is 1. The summed E-state index contributed by atoms with van der Waals surface area (Å²) in [6.45, 7) is 2.64. The fourth-order valence-electron chi connectivity index (χ4n) is 1.08. The predicted octanol–water partition coefficient (Wildman–Crippen LogP) is 0.751. The molecule has 2 rings (SSSR count). The molecule has 1 saturated carbocycles. The van der Waals surface area contributed by atoms with E-state index < -0.39 is 0 Å². The number of nitrogens with zero attached hydrogens (tertiary/aromatic N) is 1. The van der Waals surface area contributed by atoms with Gasteiger partial charge in [-0.2, -0.15) is 0 Å². The Bertz CT molecular complexity index is 98.3. The first-order valence-electron chi connectivity index (χ1n) is 4.37. The molecule has 0 aromatic carbocycles. The summed E-state index contributed by atoms with van der Waals surface area (Å²) in [7, 11) is 2.17. The number of nitrogens with two attached hydrogens (primary N) is 1. The smallest absolute Gasteiger partial charge is 0.0789 e. The zero-order valence-corrected chi connectivity index (χ0v) is 7.25. The lowest BCUT2D eigenvalue weighted by atomic mass is 10.4. The van der Waals surface area contributed by atoms with E-state index in [4.69, 9.17) is 5.90 Å². The standard InChI is InChI=1S/C5H11N.C3H7NO/c1-6-4-2-3-5-6;4-5-3-1-2-3/h2-5H2,1H3;3H,1-2,4H2. The van der Waals surface area contributed by atoms with Gasteiger partial charge in [-0.15, -0.1) is 0 Å². The molecular formula is C8H18N2O. The molecule has 1 aliphatic carbocycles. The highest BCUT2D eigenvalue weighted by Crippen LogP contribution is 2.20. The zero-order chi connectivity index (χ0) is 8.10. The minimum Gasteiger partial charge on any atom is -0.306 e. The molecule has 0 bridgehead atoms. The van der Waals surface area contributed by atoms with Gasteiger partial charge in [-0.05, 0) is 45.8 Å². The van der Waals surface area contributed by atoms with Crippen molar-refractivity contribution in [3.8, 4) is 0 Å². The van der Waals surface area contributed by atoms with Crippen molar-refractivity contribution in [2.75, 3.05) is 20.1 Å². The fraction of sp³-hybridized carbons (Fsp3) is 1.00. The van der Waals surface area contributed by atoms with Crippen molar-refractivity contribution >= 4 is 0 Å². The third-order valence-electron chi connectivity index (χ3n) is 2.05. The Hall–Kier alpha value is -0.120. The van der Waals surface area contributed by atoms with Crippen LogP contribution in [0.1, 0.15) is 25.7 Å². The molecular weight excluding hydrogens is 140 g/mol. The topological polar surface area (TPSA) is 38.5 Å². The Balaban J connectivity index is 0.000000112. The first kappa shape index (κ1) is 8.97. The van der Waals surface area contributed by atoms with Crippen LogP contribution in [0.2, 0.25) is 0 Å². The molecule has 0 radical (unpaired) electrons. The van der Waals surface area contributed by atoms with E-state index in [1.807, 2.05) is 0 Å². The van der Waals surface area contributed by atoms with Gasteiger partial charge in [-0.3, -0.25) is 0 Å². The average Bonchev–Trinajstić information content (AvgIpc) is 2.75. The van der Waals surface area contributed by atoms with E-state index in [0.717, 1.165) is 12.8 Å². The molecule has 3 heteroatoms. The van der Waals surface area contributed by atoms with Crippen molar-refractivity contribution in [2.45, 2.75) is 31.8 Å².